The van der Waals surface area contributed by atoms with Crippen molar-refractivity contribution in [2.24, 2.45) is 0 Å². The molecule has 0 aliphatic carbocycles. The lowest BCUT2D eigenvalue weighted by Crippen LogP contribution is -2.57. The first-order chi connectivity index (χ1) is 10.7. The summed E-state index contributed by atoms with van der Waals surface area (Å²) in [5.74, 6) is -0.989. The van der Waals surface area contributed by atoms with Gasteiger partial charge in [0.05, 0.1) is 0 Å². The van der Waals surface area contributed by atoms with Crippen LogP contribution < -0.4 is 5.32 Å². The SMILES string of the molecule is CCCCCCCN1CCC(NC(=O)OC(C)(C)C)(C(=O)O)C1. The summed E-state index contributed by atoms with van der Waals surface area (Å²) in [4.78, 5) is 25.8. The van der Waals surface area contributed by atoms with Gasteiger partial charge in [0.15, 0.2) is 5.54 Å². The van der Waals surface area contributed by atoms with Crippen molar-refractivity contribution in [2.75, 3.05) is 19.6 Å². The molecule has 134 valence electrons. The molecule has 0 aromatic rings. The number of likely N-dealkylation sites (tertiary alicyclic amines) is 1. The van der Waals surface area contributed by atoms with Crippen molar-refractivity contribution in [2.45, 2.75) is 77.4 Å². The number of hydrogen-bond donors (Lipinski definition) is 2. The van der Waals surface area contributed by atoms with E-state index in [0.717, 1.165) is 13.0 Å². The number of alkyl carbamates (subject to hydrolysis) is 1. The van der Waals surface area contributed by atoms with E-state index < -0.39 is 23.2 Å². The van der Waals surface area contributed by atoms with Crippen LogP contribution in [0.3, 0.4) is 0 Å². The lowest BCUT2D eigenvalue weighted by molar-refractivity contribution is -0.144. The number of carbonyl (C=O) groups is 2. The van der Waals surface area contributed by atoms with Crippen LogP contribution in [0.2, 0.25) is 0 Å². The summed E-state index contributed by atoms with van der Waals surface area (Å²) in [5, 5.41) is 12.2. The Morgan fingerprint density at radius 1 is 1.22 bits per heavy atom. The number of hydrogen-bond acceptors (Lipinski definition) is 4. The molecule has 1 atom stereocenters. The zero-order valence-electron chi connectivity index (χ0n) is 15.0. The summed E-state index contributed by atoms with van der Waals surface area (Å²) in [6.45, 7) is 9.38. The minimum Gasteiger partial charge on any atom is -0.479 e. The van der Waals surface area contributed by atoms with E-state index in [4.69, 9.17) is 4.74 Å². The fourth-order valence-corrected chi connectivity index (χ4v) is 2.85. The molecule has 2 N–H and O–H groups in total. The third-order valence-corrected chi connectivity index (χ3v) is 4.08. The molecule has 1 aliphatic rings. The minimum atomic E-state index is -1.23. The van der Waals surface area contributed by atoms with Gasteiger partial charge in [-0.2, -0.15) is 0 Å². The highest BCUT2D eigenvalue weighted by Gasteiger charge is 2.46. The van der Waals surface area contributed by atoms with E-state index in [0.29, 0.717) is 19.5 Å². The Morgan fingerprint density at radius 2 is 1.87 bits per heavy atom. The quantitative estimate of drug-likeness (QED) is 0.670. The summed E-state index contributed by atoms with van der Waals surface area (Å²) in [5.41, 5.74) is -1.87. The molecule has 6 heteroatoms. The van der Waals surface area contributed by atoms with E-state index in [-0.39, 0.29) is 0 Å². The highest BCUT2D eigenvalue weighted by atomic mass is 16.6. The molecule has 1 amide bonds. The largest absolute Gasteiger partial charge is 0.479 e. The molecular formula is C17H32N2O4. The number of carboxylic acids is 1. The van der Waals surface area contributed by atoms with Crippen molar-refractivity contribution in [3.05, 3.63) is 0 Å². The highest BCUT2D eigenvalue weighted by Crippen LogP contribution is 2.23. The van der Waals surface area contributed by atoms with E-state index >= 15 is 0 Å². The van der Waals surface area contributed by atoms with Gasteiger partial charge in [-0.25, -0.2) is 9.59 Å². The van der Waals surface area contributed by atoms with Crippen LogP contribution in [0, 0.1) is 0 Å². The van der Waals surface area contributed by atoms with Crippen LogP contribution in [-0.4, -0.2) is 52.8 Å². The average molecular weight is 328 g/mol. The number of nitrogens with one attached hydrogen (secondary N) is 1. The Morgan fingerprint density at radius 3 is 2.43 bits per heavy atom. The maximum atomic E-state index is 11.9. The standard InChI is InChI=1S/C17H32N2O4/c1-5-6-7-8-9-11-19-12-10-17(13-19,14(20)21)18-15(22)23-16(2,3)4/h5-13H2,1-4H3,(H,18,22)(H,20,21). The molecule has 0 bridgehead atoms. The first-order valence-corrected chi connectivity index (χ1v) is 8.65. The molecule has 1 heterocycles. The van der Waals surface area contributed by atoms with E-state index in [1.165, 1.54) is 25.7 Å². The molecular weight excluding hydrogens is 296 g/mol. The maximum absolute atomic E-state index is 11.9. The van der Waals surface area contributed by atoms with Crippen molar-refractivity contribution in [1.82, 2.24) is 10.2 Å². The third kappa shape index (κ3) is 6.77. The topological polar surface area (TPSA) is 78.9 Å². The molecule has 1 fully saturated rings. The van der Waals surface area contributed by atoms with Crippen LogP contribution in [0.5, 0.6) is 0 Å². The molecule has 1 rings (SSSR count). The summed E-state index contributed by atoms with van der Waals surface area (Å²) >= 11 is 0. The number of carbonyl (C=O) groups excluding carboxylic acids is 1. The van der Waals surface area contributed by atoms with Crippen molar-refractivity contribution < 1.29 is 19.4 Å². The highest BCUT2D eigenvalue weighted by molar-refractivity contribution is 5.85. The van der Waals surface area contributed by atoms with Crippen LogP contribution >= 0.6 is 0 Å². The fourth-order valence-electron chi connectivity index (χ4n) is 2.85. The first kappa shape index (κ1) is 19.7. The lowest BCUT2D eigenvalue weighted by Gasteiger charge is -2.28. The Balaban J connectivity index is 2.50. The normalized spacial score (nSPS) is 22.1. The third-order valence-electron chi connectivity index (χ3n) is 4.08. The maximum Gasteiger partial charge on any atom is 0.408 e. The van der Waals surface area contributed by atoms with Crippen molar-refractivity contribution in [1.29, 1.82) is 0 Å². The molecule has 6 nitrogen and oxygen atoms in total. The van der Waals surface area contributed by atoms with Gasteiger partial charge in [-0.3, -0.25) is 0 Å². The molecule has 1 aliphatic heterocycles. The van der Waals surface area contributed by atoms with Gasteiger partial charge in [-0.15, -0.1) is 0 Å². The summed E-state index contributed by atoms with van der Waals surface area (Å²) in [6, 6.07) is 0. The number of carboxylic acid groups (broad SMARTS) is 1. The van der Waals surface area contributed by atoms with Crippen molar-refractivity contribution in [3.63, 3.8) is 0 Å². The van der Waals surface area contributed by atoms with Gasteiger partial charge < -0.3 is 20.1 Å². The van der Waals surface area contributed by atoms with Crippen LogP contribution in [0.4, 0.5) is 4.79 Å². The molecule has 0 spiro atoms. The number of ether oxygens (including phenoxy) is 1. The second kappa shape index (κ2) is 8.52. The zero-order valence-corrected chi connectivity index (χ0v) is 15.0. The smallest absolute Gasteiger partial charge is 0.408 e. The van der Waals surface area contributed by atoms with Crippen molar-refractivity contribution >= 4 is 12.1 Å². The summed E-state index contributed by atoms with van der Waals surface area (Å²) in [7, 11) is 0. The van der Waals surface area contributed by atoms with Gasteiger partial charge in [0, 0.05) is 13.1 Å². The van der Waals surface area contributed by atoms with Crippen LogP contribution in [-0.2, 0) is 9.53 Å². The number of amides is 1. The molecule has 1 unspecified atom stereocenters. The van der Waals surface area contributed by atoms with E-state index in [1.807, 2.05) is 0 Å². The Kier molecular flexibility index (Phi) is 7.32. The number of rotatable bonds is 8. The Labute approximate surface area is 139 Å². The van der Waals surface area contributed by atoms with Gasteiger partial charge in [0.25, 0.3) is 0 Å². The molecule has 0 aromatic carbocycles. The van der Waals surface area contributed by atoms with Gasteiger partial charge >= 0.3 is 12.1 Å². The van der Waals surface area contributed by atoms with Gasteiger partial charge in [-0.1, -0.05) is 32.6 Å². The number of nitrogens with zero attached hydrogens (tertiary/aromatic N) is 1. The zero-order chi connectivity index (χ0) is 17.5. The fraction of sp³-hybridized carbons (Fsp3) is 0.882. The number of unbranched alkanes of at least 4 members (excludes halogenated alkanes) is 4. The molecule has 0 radical (unpaired) electrons. The van der Waals surface area contributed by atoms with Crippen LogP contribution in [0.1, 0.15) is 66.2 Å². The van der Waals surface area contributed by atoms with Crippen LogP contribution in [0.15, 0.2) is 0 Å². The van der Waals surface area contributed by atoms with Crippen LogP contribution in [0.25, 0.3) is 0 Å². The van der Waals surface area contributed by atoms with E-state index in [9.17, 15) is 14.7 Å². The number of aliphatic carboxylic acids is 1. The second-order valence-corrected chi connectivity index (χ2v) is 7.45. The summed E-state index contributed by atoms with van der Waals surface area (Å²) in [6.07, 6.45) is 5.68. The summed E-state index contributed by atoms with van der Waals surface area (Å²) < 4.78 is 5.20. The molecule has 23 heavy (non-hydrogen) atoms. The van der Waals surface area contributed by atoms with Gasteiger partial charge in [-0.05, 0) is 40.2 Å². The molecule has 1 saturated heterocycles. The predicted molar refractivity (Wildman–Crippen MR) is 89.6 cm³/mol. The second-order valence-electron chi connectivity index (χ2n) is 7.45. The predicted octanol–water partition coefficient (Wildman–Crippen LogP) is 3.01. The monoisotopic (exact) mass is 328 g/mol. The molecule has 0 saturated carbocycles. The van der Waals surface area contributed by atoms with Gasteiger partial charge in [0.1, 0.15) is 5.60 Å². The van der Waals surface area contributed by atoms with E-state index in [1.54, 1.807) is 20.8 Å². The van der Waals surface area contributed by atoms with E-state index in [2.05, 4.69) is 17.1 Å². The first-order valence-electron chi connectivity index (χ1n) is 8.65. The minimum absolute atomic E-state index is 0.343. The Bertz CT molecular complexity index is 406. The Hall–Kier alpha value is -1.30. The molecule has 0 aromatic heterocycles. The van der Waals surface area contributed by atoms with Gasteiger partial charge in [0.2, 0.25) is 0 Å². The average Bonchev–Trinajstić information content (AvgIpc) is 2.81. The lowest BCUT2D eigenvalue weighted by atomic mass is 9.99. The van der Waals surface area contributed by atoms with Crippen molar-refractivity contribution in [3.8, 4) is 0 Å².